The number of fused-ring (bicyclic) bond motifs is 1. The summed E-state index contributed by atoms with van der Waals surface area (Å²) in [5.41, 5.74) is 5.43. The fraction of sp³-hybridized carbons (Fsp3) is 0.450. The van der Waals surface area contributed by atoms with Gasteiger partial charge in [0.05, 0.1) is 10.5 Å². The second kappa shape index (κ2) is 8.57. The molecule has 0 atom stereocenters. The zero-order valence-electron chi connectivity index (χ0n) is 17.1. The van der Waals surface area contributed by atoms with Crippen molar-refractivity contribution in [2.24, 2.45) is 11.7 Å². The Hall–Kier alpha value is -2.72. The Kier molecular flexibility index (Phi) is 6.27. The summed E-state index contributed by atoms with van der Waals surface area (Å²) in [6.07, 6.45) is 0.924. The fourth-order valence-corrected chi connectivity index (χ4v) is 5.31. The second-order valence-corrected chi connectivity index (χ2v) is 9.25. The van der Waals surface area contributed by atoms with E-state index in [0.717, 1.165) is 0 Å². The minimum absolute atomic E-state index is 0.0623. The molecule has 1 fully saturated rings. The molecule has 162 valence electrons. The summed E-state index contributed by atoms with van der Waals surface area (Å²) in [5, 5.41) is 0.366. The number of nitrogens with one attached hydrogen (secondary N) is 1. The zero-order valence-corrected chi connectivity index (χ0v) is 17.9. The summed E-state index contributed by atoms with van der Waals surface area (Å²) in [7, 11) is -3.72. The lowest BCUT2D eigenvalue weighted by molar-refractivity contribution is -0.123. The molecule has 2 heterocycles. The summed E-state index contributed by atoms with van der Waals surface area (Å²) in [5.74, 6) is -1.02. The van der Waals surface area contributed by atoms with E-state index in [1.165, 1.54) is 28.6 Å². The molecule has 1 aliphatic rings. The standard InChI is InChI=1S/C20H26N4O5S/c1-3-24(4-2)30(28,29)14-5-6-17-15(11-14)16(12-18(25)22-17)20(27)23-9-7-13(8-10-23)19(21)26/h5-6,11-13H,3-4,7-10H2,1-2H3,(H2,21,26)(H,22,25). The SMILES string of the molecule is CCN(CC)S(=O)(=O)c1ccc2[nH]c(=O)cc(C(=O)N3CCC(C(N)=O)CC3)c2c1. The molecular weight excluding hydrogens is 408 g/mol. The summed E-state index contributed by atoms with van der Waals surface area (Å²) >= 11 is 0. The van der Waals surface area contributed by atoms with Crippen molar-refractivity contribution >= 4 is 32.7 Å². The van der Waals surface area contributed by atoms with Gasteiger partial charge in [0.25, 0.3) is 5.91 Å². The quantitative estimate of drug-likeness (QED) is 0.697. The summed E-state index contributed by atoms with van der Waals surface area (Å²) in [6.45, 7) is 4.84. The number of sulfonamides is 1. The summed E-state index contributed by atoms with van der Waals surface area (Å²) < 4.78 is 27.1. The Balaban J connectivity index is 2.03. The second-order valence-electron chi connectivity index (χ2n) is 7.31. The molecule has 0 unspecified atom stereocenters. The number of amides is 2. The first-order chi connectivity index (χ1) is 14.2. The molecule has 0 radical (unpaired) electrons. The molecule has 1 aromatic heterocycles. The first-order valence-corrected chi connectivity index (χ1v) is 11.4. The number of rotatable bonds is 6. The molecule has 3 rings (SSSR count). The number of hydrogen-bond acceptors (Lipinski definition) is 5. The maximum Gasteiger partial charge on any atom is 0.254 e. The van der Waals surface area contributed by atoms with E-state index in [2.05, 4.69) is 4.98 Å². The number of likely N-dealkylation sites (tertiary alicyclic amines) is 1. The minimum Gasteiger partial charge on any atom is -0.369 e. The van der Waals surface area contributed by atoms with Gasteiger partial charge in [0, 0.05) is 49.1 Å². The van der Waals surface area contributed by atoms with Crippen LogP contribution in [0.4, 0.5) is 0 Å². The molecule has 1 aromatic carbocycles. The van der Waals surface area contributed by atoms with Gasteiger partial charge < -0.3 is 15.6 Å². The van der Waals surface area contributed by atoms with Crippen LogP contribution in [-0.4, -0.2) is 60.6 Å². The Labute approximate surface area is 174 Å². The molecule has 0 aliphatic carbocycles. The Morgan fingerprint density at radius 3 is 2.37 bits per heavy atom. The molecule has 0 bridgehead atoms. The van der Waals surface area contributed by atoms with Crippen molar-refractivity contribution < 1.29 is 18.0 Å². The average Bonchev–Trinajstić information content (AvgIpc) is 2.73. The van der Waals surface area contributed by atoms with Crippen molar-refractivity contribution in [1.82, 2.24) is 14.2 Å². The van der Waals surface area contributed by atoms with Gasteiger partial charge in [-0.1, -0.05) is 13.8 Å². The number of benzene rings is 1. The van der Waals surface area contributed by atoms with E-state index in [1.54, 1.807) is 18.7 Å². The minimum atomic E-state index is -3.72. The van der Waals surface area contributed by atoms with E-state index in [4.69, 9.17) is 5.73 Å². The van der Waals surface area contributed by atoms with Crippen LogP contribution in [0.25, 0.3) is 10.9 Å². The van der Waals surface area contributed by atoms with E-state index in [1.807, 2.05) is 0 Å². The van der Waals surface area contributed by atoms with Crippen molar-refractivity contribution in [2.75, 3.05) is 26.2 Å². The Morgan fingerprint density at radius 2 is 1.80 bits per heavy atom. The van der Waals surface area contributed by atoms with Crippen molar-refractivity contribution in [3.05, 3.63) is 40.2 Å². The van der Waals surface area contributed by atoms with Gasteiger partial charge >= 0.3 is 0 Å². The maximum atomic E-state index is 13.1. The number of aromatic nitrogens is 1. The van der Waals surface area contributed by atoms with Crippen molar-refractivity contribution in [2.45, 2.75) is 31.6 Å². The lowest BCUT2D eigenvalue weighted by Gasteiger charge is -2.30. The first-order valence-electron chi connectivity index (χ1n) is 9.94. The number of primary amides is 1. The third kappa shape index (κ3) is 4.10. The van der Waals surface area contributed by atoms with E-state index in [-0.39, 0.29) is 28.2 Å². The fourth-order valence-electron chi connectivity index (χ4n) is 3.82. The Bertz CT molecular complexity index is 1130. The number of hydrogen-bond donors (Lipinski definition) is 2. The topological polar surface area (TPSA) is 134 Å². The van der Waals surface area contributed by atoms with Crippen LogP contribution in [0, 0.1) is 5.92 Å². The smallest absolute Gasteiger partial charge is 0.254 e. The van der Waals surface area contributed by atoms with Crippen LogP contribution in [-0.2, 0) is 14.8 Å². The van der Waals surface area contributed by atoms with Gasteiger partial charge in [-0.2, -0.15) is 4.31 Å². The monoisotopic (exact) mass is 434 g/mol. The number of carbonyl (C=O) groups excluding carboxylic acids is 2. The molecule has 0 spiro atoms. The van der Waals surface area contributed by atoms with Gasteiger partial charge in [0.2, 0.25) is 21.5 Å². The molecule has 2 amide bonds. The molecule has 10 heteroatoms. The number of nitrogens with zero attached hydrogens (tertiary/aromatic N) is 2. The number of nitrogens with two attached hydrogens (primary N) is 1. The number of carbonyl (C=O) groups is 2. The highest BCUT2D eigenvalue weighted by molar-refractivity contribution is 7.89. The lowest BCUT2D eigenvalue weighted by atomic mass is 9.95. The molecule has 1 saturated heterocycles. The zero-order chi connectivity index (χ0) is 22.1. The molecular formula is C20H26N4O5S. The van der Waals surface area contributed by atoms with E-state index < -0.39 is 15.6 Å². The molecule has 0 saturated carbocycles. The predicted molar refractivity (Wildman–Crippen MR) is 112 cm³/mol. The normalized spacial score (nSPS) is 15.6. The highest BCUT2D eigenvalue weighted by Gasteiger charge is 2.28. The van der Waals surface area contributed by atoms with E-state index in [0.29, 0.717) is 49.9 Å². The highest BCUT2D eigenvalue weighted by atomic mass is 32.2. The van der Waals surface area contributed by atoms with Crippen LogP contribution in [0.1, 0.15) is 37.0 Å². The largest absolute Gasteiger partial charge is 0.369 e. The highest BCUT2D eigenvalue weighted by Crippen LogP contribution is 2.25. The predicted octanol–water partition coefficient (Wildman–Crippen LogP) is 0.896. The molecule has 30 heavy (non-hydrogen) atoms. The van der Waals surface area contributed by atoms with Crippen LogP contribution in [0.15, 0.2) is 34.0 Å². The van der Waals surface area contributed by atoms with Gasteiger partial charge in [-0.15, -0.1) is 0 Å². The van der Waals surface area contributed by atoms with Crippen LogP contribution in [0.5, 0.6) is 0 Å². The first kappa shape index (κ1) is 22.0. The van der Waals surface area contributed by atoms with Crippen LogP contribution in [0.2, 0.25) is 0 Å². The van der Waals surface area contributed by atoms with Gasteiger partial charge in [-0.3, -0.25) is 14.4 Å². The number of H-pyrrole nitrogens is 1. The average molecular weight is 435 g/mol. The van der Waals surface area contributed by atoms with Crippen molar-refractivity contribution in [3.63, 3.8) is 0 Å². The number of aromatic amines is 1. The molecule has 9 nitrogen and oxygen atoms in total. The molecule has 3 N–H and O–H groups in total. The van der Waals surface area contributed by atoms with Gasteiger partial charge in [-0.25, -0.2) is 8.42 Å². The molecule has 2 aromatic rings. The van der Waals surface area contributed by atoms with Crippen LogP contribution < -0.4 is 11.3 Å². The summed E-state index contributed by atoms with van der Waals surface area (Å²) in [4.78, 5) is 40.9. The molecule has 1 aliphatic heterocycles. The number of piperidine rings is 1. The van der Waals surface area contributed by atoms with E-state index >= 15 is 0 Å². The number of pyridine rings is 1. The third-order valence-electron chi connectivity index (χ3n) is 5.57. The maximum absolute atomic E-state index is 13.1. The van der Waals surface area contributed by atoms with Crippen molar-refractivity contribution in [1.29, 1.82) is 0 Å². The van der Waals surface area contributed by atoms with Gasteiger partial charge in [-0.05, 0) is 31.0 Å². The third-order valence-corrected chi connectivity index (χ3v) is 7.62. The van der Waals surface area contributed by atoms with Gasteiger partial charge in [0.1, 0.15) is 0 Å². The van der Waals surface area contributed by atoms with Crippen molar-refractivity contribution in [3.8, 4) is 0 Å². The lowest BCUT2D eigenvalue weighted by Crippen LogP contribution is -2.42. The van der Waals surface area contributed by atoms with Crippen LogP contribution in [0.3, 0.4) is 0 Å². The van der Waals surface area contributed by atoms with Crippen LogP contribution >= 0.6 is 0 Å². The Morgan fingerprint density at radius 1 is 1.17 bits per heavy atom. The van der Waals surface area contributed by atoms with E-state index in [9.17, 15) is 22.8 Å². The summed E-state index contributed by atoms with van der Waals surface area (Å²) in [6, 6.07) is 5.56. The van der Waals surface area contributed by atoms with Gasteiger partial charge in [0.15, 0.2) is 0 Å².